The van der Waals surface area contributed by atoms with Crippen molar-refractivity contribution < 1.29 is 4.74 Å². The number of ether oxygens (including phenoxy) is 1. The van der Waals surface area contributed by atoms with Crippen molar-refractivity contribution in [1.82, 2.24) is 5.32 Å². The molecule has 2 aliphatic rings. The maximum Gasteiger partial charge on any atom is 0.0952 e. The van der Waals surface area contributed by atoms with Crippen LogP contribution in [0.2, 0.25) is 0 Å². The predicted molar refractivity (Wildman–Crippen MR) is 78.3 cm³/mol. The summed E-state index contributed by atoms with van der Waals surface area (Å²) in [4.78, 5) is 0. The second kappa shape index (κ2) is 6.06. The molecular weight excluding hydrogens is 234 g/mol. The zero-order valence-electron chi connectivity index (χ0n) is 11.9. The van der Waals surface area contributed by atoms with Gasteiger partial charge in [0.1, 0.15) is 0 Å². The fraction of sp³-hybridized carbons (Fsp3) is 0.647. The van der Waals surface area contributed by atoms with Gasteiger partial charge in [-0.3, -0.25) is 0 Å². The fourth-order valence-corrected chi connectivity index (χ4v) is 3.56. The molecule has 3 rings (SSSR count). The number of benzene rings is 1. The molecule has 19 heavy (non-hydrogen) atoms. The summed E-state index contributed by atoms with van der Waals surface area (Å²) >= 11 is 0. The van der Waals surface area contributed by atoms with Gasteiger partial charge in [0.15, 0.2) is 0 Å². The Bertz CT molecular complexity index is 411. The van der Waals surface area contributed by atoms with Crippen molar-refractivity contribution >= 4 is 0 Å². The zero-order valence-corrected chi connectivity index (χ0v) is 11.9. The van der Waals surface area contributed by atoms with Crippen molar-refractivity contribution in [2.75, 3.05) is 13.2 Å². The predicted octanol–water partition coefficient (Wildman–Crippen LogP) is 3.47. The van der Waals surface area contributed by atoms with Crippen LogP contribution in [0.25, 0.3) is 0 Å². The summed E-state index contributed by atoms with van der Waals surface area (Å²) in [5.74, 6) is 0.874. The molecular formula is C17H25NO. The highest BCUT2D eigenvalue weighted by Crippen LogP contribution is 2.29. The summed E-state index contributed by atoms with van der Waals surface area (Å²) in [5, 5.41) is 3.71. The lowest BCUT2D eigenvalue weighted by molar-refractivity contribution is 0.0397. The van der Waals surface area contributed by atoms with Crippen LogP contribution in [0, 0.1) is 5.92 Å². The average molecular weight is 259 g/mol. The third-order valence-corrected chi connectivity index (χ3v) is 4.82. The topological polar surface area (TPSA) is 21.3 Å². The zero-order chi connectivity index (χ0) is 13.1. The molecule has 1 aliphatic carbocycles. The molecule has 2 nitrogen and oxygen atoms in total. The highest BCUT2D eigenvalue weighted by Gasteiger charge is 2.24. The van der Waals surface area contributed by atoms with Crippen LogP contribution in [0.15, 0.2) is 24.3 Å². The van der Waals surface area contributed by atoms with Gasteiger partial charge in [-0.2, -0.15) is 0 Å². The molecule has 0 radical (unpaired) electrons. The molecule has 0 bridgehead atoms. The summed E-state index contributed by atoms with van der Waals surface area (Å²) in [5.41, 5.74) is 2.86. The number of fused-ring (bicyclic) bond motifs is 1. The number of hydrogen-bond acceptors (Lipinski definition) is 2. The van der Waals surface area contributed by atoms with Crippen LogP contribution in [0.4, 0.5) is 0 Å². The van der Waals surface area contributed by atoms with Crippen molar-refractivity contribution in [2.24, 2.45) is 5.92 Å². The minimum Gasteiger partial charge on any atom is -0.372 e. The molecule has 1 aromatic rings. The molecule has 2 atom stereocenters. The molecule has 2 heteroatoms. The maximum atomic E-state index is 5.95. The molecule has 1 fully saturated rings. The monoisotopic (exact) mass is 259 g/mol. The number of rotatable bonds is 4. The second-order valence-corrected chi connectivity index (χ2v) is 6.05. The quantitative estimate of drug-likeness (QED) is 0.894. The molecule has 0 aromatic heterocycles. The van der Waals surface area contributed by atoms with Crippen molar-refractivity contribution in [3.8, 4) is 0 Å². The van der Waals surface area contributed by atoms with Gasteiger partial charge in [0.2, 0.25) is 0 Å². The van der Waals surface area contributed by atoms with Crippen molar-refractivity contribution in [2.45, 2.75) is 51.2 Å². The van der Waals surface area contributed by atoms with Gasteiger partial charge in [0.25, 0.3) is 0 Å². The van der Waals surface area contributed by atoms with Crippen LogP contribution in [0.1, 0.15) is 49.8 Å². The summed E-state index contributed by atoms with van der Waals surface area (Å²) in [6, 6.07) is 9.35. The third-order valence-electron chi connectivity index (χ3n) is 4.82. The summed E-state index contributed by atoms with van der Waals surface area (Å²) < 4.78 is 5.95. The molecule has 1 aliphatic heterocycles. The van der Waals surface area contributed by atoms with Gasteiger partial charge < -0.3 is 10.1 Å². The first-order valence-corrected chi connectivity index (χ1v) is 7.77. The van der Waals surface area contributed by atoms with Gasteiger partial charge in [-0.05, 0) is 43.2 Å². The van der Waals surface area contributed by atoms with E-state index >= 15 is 0 Å². The maximum absolute atomic E-state index is 5.95. The van der Waals surface area contributed by atoms with Gasteiger partial charge in [-0.1, -0.05) is 37.1 Å². The molecule has 0 amide bonds. The van der Waals surface area contributed by atoms with Crippen LogP contribution in [0.3, 0.4) is 0 Å². The average Bonchev–Trinajstić information content (AvgIpc) is 2.99. The second-order valence-electron chi connectivity index (χ2n) is 6.05. The molecule has 1 N–H and O–H groups in total. The molecule has 1 aromatic carbocycles. The smallest absolute Gasteiger partial charge is 0.0952 e. The Morgan fingerprint density at radius 2 is 2.05 bits per heavy atom. The number of nitrogens with one attached hydrogen (secondary N) is 1. The van der Waals surface area contributed by atoms with Crippen molar-refractivity contribution in [1.29, 1.82) is 0 Å². The number of hydrogen-bond donors (Lipinski definition) is 1. The van der Waals surface area contributed by atoms with Crippen LogP contribution in [-0.4, -0.2) is 19.2 Å². The molecule has 104 valence electrons. The van der Waals surface area contributed by atoms with Gasteiger partial charge in [0.05, 0.1) is 12.7 Å². The molecule has 0 spiro atoms. The lowest BCUT2D eigenvalue weighted by atomic mass is 9.96. The Morgan fingerprint density at radius 1 is 1.26 bits per heavy atom. The standard InChI is InChI=1S/C17H25NO/c1-13(14-6-2-3-7-14)18-12-17-16-9-5-4-8-15(16)10-11-19-17/h4-5,8-9,13-14,17-18H,2-3,6-7,10-12H2,1H3/t13-,17?/m1/s1. The lowest BCUT2D eigenvalue weighted by Gasteiger charge is -2.29. The van der Waals surface area contributed by atoms with Gasteiger partial charge >= 0.3 is 0 Å². The molecule has 1 heterocycles. The van der Waals surface area contributed by atoms with E-state index in [4.69, 9.17) is 4.74 Å². The van der Waals surface area contributed by atoms with Crippen LogP contribution in [-0.2, 0) is 11.2 Å². The minimum absolute atomic E-state index is 0.244. The Labute approximate surface area is 116 Å². The Morgan fingerprint density at radius 3 is 2.89 bits per heavy atom. The van der Waals surface area contributed by atoms with E-state index in [1.54, 1.807) is 0 Å². The Hall–Kier alpha value is -0.860. The Kier molecular flexibility index (Phi) is 4.19. The normalized spacial score (nSPS) is 25.2. The fourth-order valence-electron chi connectivity index (χ4n) is 3.56. The summed E-state index contributed by atoms with van der Waals surface area (Å²) in [6.07, 6.45) is 6.94. The first kappa shape index (κ1) is 13.1. The SMILES string of the molecule is C[C@@H](NCC1OCCc2ccccc21)C1CCCC1. The molecule has 0 saturated heterocycles. The van der Waals surface area contributed by atoms with Crippen LogP contribution in [0.5, 0.6) is 0 Å². The van der Waals surface area contributed by atoms with Crippen LogP contribution < -0.4 is 5.32 Å². The van der Waals surface area contributed by atoms with Gasteiger partial charge in [0, 0.05) is 12.6 Å². The van der Waals surface area contributed by atoms with E-state index in [0.29, 0.717) is 6.04 Å². The third kappa shape index (κ3) is 3.01. The van der Waals surface area contributed by atoms with E-state index in [0.717, 1.165) is 25.5 Å². The van der Waals surface area contributed by atoms with Crippen molar-refractivity contribution in [3.05, 3.63) is 35.4 Å². The Balaban J connectivity index is 1.58. The van der Waals surface area contributed by atoms with E-state index in [9.17, 15) is 0 Å². The highest BCUT2D eigenvalue weighted by atomic mass is 16.5. The first-order chi connectivity index (χ1) is 9.34. The van der Waals surface area contributed by atoms with Gasteiger partial charge in [-0.15, -0.1) is 0 Å². The van der Waals surface area contributed by atoms with E-state index in [2.05, 4.69) is 36.5 Å². The van der Waals surface area contributed by atoms with E-state index in [1.807, 2.05) is 0 Å². The largest absolute Gasteiger partial charge is 0.372 e. The summed E-state index contributed by atoms with van der Waals surface area (Å²) in [7, 11) is 0. The van der Waals surface area contributed by atoms with E-state index in [1.165, 1.54) is 36.8 Å². The van der Waals surface area contributed by atoms with Crippen molar-refractivity contribution in [3.63, 3.8) is 0 Å². The molecule has 1 unspecified atom stereocenters. The van der Waals surface area contributed by atoms with E-state index < -0.39 is 0 Å². The minimum atomic E-state index is 0.244. The van der Waals surface area contributed by atoms with Crippen LogP contribution >= 0.6 is 0 Å². The lowest BCUT2D eigenvalue weighted by Crippen LogP contribution is -2.37. The van der Waals surface area contributed by atoms with E-state index in [-0.39, 0.29) is 6.10 Å². The highest BCUT2D eigenvalue weighted by molar-refractivity contribution is 5.31. The first-order valence-electron chi connectivity index (χ1n) is 7.77. The summed E-state index contributed by atoms with van der Waals surface area (Å²) in [6.45, 7) is 4.15. The van der Waals surface area contributed by atoms with Gasteiger partial charge in [-0.25, -0.2) is 0 Å². The molecule has 1 saturated carbocycles.